The number of hydrogen-bond acceptors (Lipinski definition) is 3. The molecule has 4 heteroatoms. The number of amides is 1. The molecule has 0 saturated heterocycles. The van der Waals surface area contributed by atoms with Crippen LogP contribution in [0.3, 0.4) is 0 Å². The highest BCUT2D eigenvalue weighted by atomic mass is 32.1. The fraction of sp³-hybridized carbons (Fsp3) is 0.600. The van der Waals surface area contributed by atoms with Gasteiger partial charge in [0.1, 0.15) is 0 Å². The summed E-state index contributed by atoms with van der Waals surface area (Å²) in [7, 11) is 0. The zero-order valence-corrected chi connectivity index (χ0v) is 15.2. The van der Waals surface area contributed by atoms with Crippen molar-refractivity contribution in [3.8, 4) is 0 Å². The van der Waals surface area contributed by atoms with Crippen molar-refractivity contribution >= 4 is 32.6 Å². The molecule has 1 N–H and O–H groups in total. The van der Waals surface area contributed by atoms with E-state index >= 15 is 0 Å². The quantitative estimate of drug-likeness (QED) is 0.829. The third-order valence-electron chi connectivity index (χ3n) is 6.57. The van der Waals surface area contributed by atoms with E-state index in [9.17, 15) is 4.79 Å². The van der Waals surface area contributed by atoms with E-state index in [1.807, 2.05) is 0 Å². The normalized spacial score (nSPS) is 34.0. The van der Waals surface area contributed by atoms with E-state index in [1.165, 1.54) is 35.1 Å². The van der Waals surface area contributed by atoms with Gasteiger partial charge in [0.05, 0.1) is 15.6 Å². The van der Waals surface area contributed by atoms with Gasteiger partial charge < -0.3 is 5.32 Å². The molecule has 4 aliphatic rings. The molecule has 4 fully saturated rings. The summed E-state index contributed by atoms with van der Waals surface area (Å²) in [5, 5.41) is 3.98. The number of anilines is 1. The Morgan fingerprint density at radius 1 is 1.12 bits per heavy atom. The standard InChI is InChI=1S/C20H24N2OS/c1-11-3-12(2)17-16(4-11)24-19(21-17)22-18(23)20-8-13-5-14(9-20)7-15(6-13)10-20/h3-4,13-15H,5-10H2,1-2H3,(H,21,22,23). The SMILES string of the molecule is Cc1cc(C)c2nc(NC(=O)C34CC5CC(CC(C5)C3)C4)sc2c1. The Bertz CT molecular complexity index is 802. The highest BCUT2D eigenvalue weighted by molar-refractivity contribution is 7.22. The maximum atomic E-state index is 13.2. The van der Waals surface area contributed by atoms with Crippen LogP contribution >= 0.6 is 11.3 Å². The van der Waals surface area contributed by atoms with Gasteiger partial charge in [-0.2, -0.15) is 0 Å². The number of aryl methyl sites for hydroxylation is 2. The zero-order valence-electron chi connectivity index (χ0n) is 14.4. The van der Waals surface area contributed by atoms with E-state index in [-0.39, 0.29) is 11.3 Å². The molecule has 0 atom stereocenters. The number of thiazole rings is 1. The summed E-state index contributed by atoms with van der Waals surface area (Å²) in [6.45, 7) is 4.21. The lowest BCUT2D eigenvalue weighted by atomic mass is 9.49. The average molecular weight is 340 g/mol. The number of nitrogens with zero attached hydrogens (tertiary/aromatic N) is 1. The fourth-order valence-electron chi connectivity index (χ4n) is 6.04. The Morgan fingerprint density at radius 2 is 1.75 bits per heavy atom. The summed E-state index contributed by atoms with van der Waals surface area (Å²) in [6, 6.07) is 4.33. The Hall–Kier alpha value is -1.42. The Balaban J connectivity index is 1.44. The molecule has 4 bridgehead atoms. The summed E-state index contributed by atoms with van der Waals surface area (Å²) >= 11 is 1.61. The highest BCUT2D eigenvalue weighted by Gasteiger charge is 2.54. The van der Waals surface area contributed by atoms with Crippen molar-refractivity contribution in [1.82, 2.24) is 4.98 Å². The second-order valence-electron chi connectivity index (χ2n) is 8.60. The zero-order chi connectivity index (χ0) is 16.5. The van der Waals surface area contributed by atoms with Crippen molar-refractivity contribution < 1.29 is 4.79 Å². The van der Waals surface area contributed by atoms with E-state index < -0.39 is 0 Å². The number of carbonyl (C=O) groups is 1. The first kappa shape index (κ1) is 14.9. The number of hydrogen-bond donors (Lipinski definition) is 1. The van der Waals surface area contributed by atoms with E-state index in [0.29, 0.717) is 0 Å². The smallest absolute Gasteiger partial charge is 0.232 e. The highest BCUT2D eigenvalue weighted by Crippen LogP contribution is 2.60. The van der Waals surface area contributed by atoms with Crippen LogP contribution in [0.15, 0.2) is 12.1 Å². The van der Waals surface area contributed by atoms with Gasteiger partial charge in [0.15, 0.2) is 5.13 Å². The predicted octanol–water partition coefficient (Wildman–Crippen LogP) is 5.07. The number of fused-ring (bicyclic) bond motifs is 1. The summed E-state index contributed by atoms with van der Waals surface area (Å²) < 4.78 is 1.17. The molecule has 1 heterocycles. The number of benzene rings is 1. The molecule has 0 spiro atoms. The third kappa shape index (κ3) is 2.22. The largest absolute Gasteiger partial charge is 0.301 e. The number of rotatable bonds is 2. The summed E-state index contributed by atoms with van der Waals surface area (Å²) in [5.41, 5.74) is 3.38. The van der Waals surface area contributed by atoms with E-state index in [2.05, 4.69) is 31.3 Å². The van der Waals surface area contributed by atoms with Gasteiger partial charge in [-0.25, -0.2) is 4.98 Å². The van der Waals surface area contributed by atoms with Gasteiger partial charge in [0.2, 0.25) is 5.91 Å². The van der Waals surface area contributed by atoms with E-state index in [1.54, 1.807) is 11.3 Å². The van der Waals surface area contributed by atoms with Gasteiger partial charge in [0, 0.05) is 0 Å². The lowest BCUT2D eigenvalue weighted by Gasteiger charge is -2.55. The van der Waals surface area contributed by atoms with Crippen LogP contribution in [0, 0.1) is 37.0 Å². The molecule has 2 aromatic rings. The van der Waals surface area contributed by atoms with Crippen molar-refractivity contribution in [2.24, 2.45) is 23.2 Å². The van der Waals surface area contributed by atoms with Gasteiger partial charge in [-0.3, -0.25) is 4.79 Å². The van der Waals surface area contributed by atoms with Crippen molar-refractivity contribution in [2.75, 3.05) is 5.32 Å². The van der Waals surface area contributed by atoms with Crippen LogP contribution in [-0.4, -0.2) is 10.9 Å². The molecule has 24 heavy (non-hydrogen) atoms. The van der Waals surface area contributed by atoms with Gasteiger partial charge in [-0.15, -0.1) is 0 Å². The number of aromatic nitrogens is 1. The van der Waals surface area contributed by atoms with Crippen LogP contribution in [0.2, 0.25) is 0 Å². The molecule has 6 rings (SSSR count). The molecule has 126 valence electrons. The van der Waals surface area contributed by atoms with Crippen molar-refractivity contribution in [3.05, 3.63) is 23.3 Å². The third-order valence-corrected chi connectivity index (χ3v) is 7.49. The van der Waals surface area contributed by atoms with Crippen molar-refractivity contribution in [1.29, 1.82) is 0 Å². The lowest BCUT2D eigenvalue weighted by Crippen LogP contribution is -2.51. The molecular formula is C20H24N2OS. The lowest BCUT2D eigenvalue weighted by molar-refractivity contribution is -0.140. The molecule has 3 nitrogen and oxygen atoms in total. The number of carbonyl (C=O) groups excluding carboxylic acids is 1. The Morgan fingerprint density at radius 3 is 2.38 bits per heavy atom. The summed E-state index contributed by atoms with van der Waals surface area (Å²) in [6.07, 6.45) is 7.42. The first-order chi connectivity index (χ1) is 11.5. The van der Waals surface area contributed by atoms with Crippen LogP contribution in [0.25, 0.3) is 10.2 Å². The van der Waals surface area contributed by atoms with Crippen LogP contribution in [0.4, 0.5) is 5.13 Å². The molecule has 1 aromatic heterocycles. The molecule has 4 aliphatic carbocycles. The second-order valence-corrected chi connectivity index (χ2v) is 9.63. The first-order valence-corrected chi connectivity index (χ1v) is 10.0. The van der Waals surface area contributed by atoms with Crippen LogP contribution < -0.4 is 5.32 Å². The van der Waals surface area contributed by atoms with Gasteiger partial charge in [0.25, 0.3) is 0 Å². The maximum Gasteiger partial charge on any atom is 0.232 e. The molecule has 0 radical (unpaired) electrons. The topological polar surface area (TPSA) is 42.0 Å². The van der Waals surface area contributed by atoms with Gasteiger partial charge >= 0.3 is 0 Å². The minimum atomic E-state index is -0.0996. The van der Waals surface area contributed by atoms with Crippen molar-refractivity contribution in [2.45, 2.75) is 52.4 Å². The molecule has 4 saturated carbocycles. The molecule has 1 amide bonds. The van der Waals surface area contributed by atoms with E-state index in [4.69, 9.17) is 4.98 Å². The fourth-order valence-corrected chi connectivity index (χ4v) is 7.08. The molecule has 1 aromatic carbocycles. The minimum absolute atomic E-state index is 0.0996. The maximum absolute atomic E-state index is 13.2. The van der Waals surface area contributed by atoms with Gasteiger partial charge in [-0.05, 0) is 87.3 Å². The second kappa shape index (κ2) is 5.04. The first-order valence-electron chi connectivity index (χ1n) is 9.20. The molecule has 0 aliphatic heterocycles. The molecule has 0 unspecified atom stereocenters. The minimum Gasteiger partial charge on any atom is -0.301 e. The molecular weight excluding hydrogens is 316 g/mol. The summed E-state index contributed by atoms with van der Waals surface area (Å²) in [5.74, 6) is 2.63. The van der Waals surface area contributed by atoms with Crippen LogP contribution in [-0.2, 0) is 4.79 Å². The Labute approximate surface area is 146 Å². The monoisotopic (exact) mass is 340 g/mol. The Kier molecular flexibility index (Phi) is 3.13. The number of nitrogens with one attached hydrogen (secondary N) is 1. The summed E-state index contributed by atoms with van der Waals surface area (Å²) in [4.78, 5) is 17.9. The van der Waals surface area contributed by atoms with Gasteiger partial charge in [-0.1, -0.05) is 17.4 Å². The van der Waals surface area contributed by atoms with E-state index in [0.717, 1.165) is 47.7 Å². The van der Waals surface area contributed by atoms with Crippen LogP contribution in [0.1, 0.15) is 49.7 Å². The predicted molar refractivity (Wildman–Crippen MR) is 98.3 cm³/mol. The van der Waals surface area contributed by atoms with Crippen LogP contribution in [0.5, 0.6) is 0 Å². The average Bonchev–Trinajstić information content (AvgIpc) is 2.88. The van der Waals surface area contributed by atoms with Crippen molar-refractivity contribution in [3.63, 3.8) is 0 Å².